The number of carbonyl (C=O) groups excluding carboxylic acids is 1. The van der Waals surface area contributed by atoms with E-state index in [1.165, 1.54) is 12.2 Å². The van der Waals surface area contributed by atoms with Crippen molar-refractivity contribution in [1.29, 1.82) is 0 Å². The lowest BCUT2D eigenvalue weighted by Gasteiger charge is -2.03. The number of nitrogens with one attached hydrogen (secondary N) is 2. The second-order valence-electron chi connectivity index (χ2n) is 5.12. The van der Waals surface area contributed by atoms with Crippen LogP contribution in [0.15, 0.2) is 59.4 Å². The predicted molar refractivity (Wildman–Crippen MR) is 98.7 cm³/mol. The van der Waals surface area contributed by atoms with Crippen LogP contribution in [0.5, 0.6) is 0 Å². The molecule has 0 radical (unpaired) electrons. The molecule has 1 aromatic heterocycles. The van der Waals surface area contributed by atoms with E-state index in [1.807, 2.05) is 24.3 Å². The molecular formula is C18H12Cl2N2O2. The number of pyridine rings is 1. The molecule has 0 aliphatic carbocycles. The molecule has 2 N–H and O–H groups in total. The van der Waals surface area contributed by atoms with Gasteiger partial charge in [0.15, 0.2) is 0 Å². The van der Waals surface area contributed by atoms with Crippen molar-refractivity contribution in [2.45, 2.75) is 0 Å². The highest BCUT2D eigenvalue weighted by Crippen LogP contribution is 2.22. The summed E-state index contributed by atoms with van der Waals surface area (Å²) in [5.74, 6) is -0.388. The first-order chi connectivity index (χ1) is 11.5. The molecule has 0 aliphatic heterocycles. The first-order valence-corrected chi connectivity index (χ1v) is 7.84. The summed E-state index contributed by atoms with van der Waals surface area (Å²) in [5, 5.41) is 4.38. The molecule has 0 unspecified atom stereocenters. The Balaban J connectivity index is 1.81. The lowest BCUT2D eigenvalue weighted by atomic mass is 10.1. The molecule has 0 saturated carbocycles. The Labute approximate surface area is 147 Å². The molecule has 6 heteroatoms. The lowest BCUT2D eigenvalue weighted by molar-refractivity contribution is -0.111. The molecule has 120 valence electrons. The molecular weight excluding hydrogens is 347 g/mol. The maximum Gasteiger partial charge on any atom is 0.255 e. The van der Waals surface area contributed by atoms with E-state index in [9.17, 15) is 9.59 Å². The standard InChI is InChI=1S/C18H12Cl2N2O2/c19-13-8-14(20)10-15(9-13)21-17(23)6-5-12-7-11-3-1-2-4-16(11)22-18(12)24/h1-10H,(H,21,23)(H,22,24)/b6-5+. The van der Waals surface area contributed by atoms with Gasteiger partial charge in [-0.1, -0.05) is 41.4 Å². The second kappa shape index (κ2) is 6.91. The minimum Gasteiger partial charge on any atom is -0.322 e. The van der Waals surface area contributed by atoms with Gasteiger partial charge in [-0.05, 0) is 41.8 Å². The van der Waals surface area contributed by atoms with E-state index in [0.29, 0.717) is 21.3 Å². The Hall–Kier alpha value is -2.56. The van der Waals surface area contributed by atoms with Crippen molar-refractivity contribution in [3.8, 4) is 0 Å². The fraction of sp³-hybridized carbons (Fsp3) is 0. The van der Waals surface area contributed by atoms with Crippen LogP contribution in [0.2, 0.25) is 10.0 Å². The topological polar surface area (TPSA) is 62.0 Å². The van der Waals surface area contributed by atoms with Gasteiger partial charge < -0.3 is 10.3 Å². The van der Waals surface area contributed by atoms with Gasteiger partial charge in [0.05, 0.1) is 0 Å². The number of H-pyrrole nitrogens is 1. The Morgan fingerprint density at radius 1 is 1.04 bits per heavy atom. The van der Waals surface area contributed by atoms with E-state index in [2.05, 4.69) is 10.3 Å². The van der Waals surface area contributed by atoms with Crippen molar-refractivity contribution in [2.75, 3.05) is 5.32 Å². The molecule has 1 amide bonds. The van der Waals surface area contributed by atoms with Crippen molar-refractivity contribution >= 4 is 51.8 Å². The van der Waals surface area contributed by atoms with Crippen LogP contribution in [0.25, 0.3) is 17.0 Å². The summed E-state index contributed by atoms with van der Waals surface area (Å²) in [6.07, 6.45) is 2.75. The van der Waals surface area contributed by atoms with Crippen LogP contribution in [0.4, 0.5) is 5.69 Å². The first-order valence-electron chi connectivity index (χ1n) is 7.08. The van der Waals surface area contributed by atoms with Crippen LogP contribution in [-0.2, 0) is 4.79 Å². The van der Waals surface area contributed by atoms with Crippen molar-refractivity contribution < 1.29 is 4.79 Å². The number of hydrogen-bond donors (Lipinski definition) is 2. The van der Waals surface area contributed by atoms with Crippen LogP contribution in [0.1, 0.15) is 5.56 Å². The third-order valence-electron chi connectivity index (χ3n) is 3.33. The van der Waals surface area contributed by atoms with Gasteiger partial charge in [0.1, 0.15) is 0 Å². The summed E-state index contributed by atoms with van der Waals surface area (Å²) < 4.78 is 0. The summed E-state index contributed by atoms with van der Waals surface area (Å²) in [6.45, 7) is 0. The third kappa shape index (κ3) is 3.85. The number of benzene rings is 2. The van der Waals surface area contributed by atoms with Crippen LogP contribution in [0, 0.1) is 0 Å². The van der Waals surface area contributed by atoms with Gasteiger partial charge in [0.25, 0.3) is 5.56 Å². The van der Waals surface area contributed by atoms with Crippen molar-refractivity contribution in [3.05, 3.63) is 80.6 Å². The van der Waals surface area contributed by atoms with Gasteiger partial charge >= 0.3 is 0 Å². The van der Waals surface area contributed by atoms with Crippen molar-refractivity contribution in [3.63, 3.8) is 0 Å². The van der Waals surface area contributed by atoms with E-state index >= 15 is 0 Å². The summed E-state index contributed by atoms with van der Waals surface area (Å²) in [7, 11) is 0. The quantitative estimate of drug-likeness (QED) is 0.677. The summed E-state index contributed by atoms with van der Waals surface area (Å²) in [6, 6.07) is 13.9. The van der Waals surface area contributed by atoms with Gasteiger partial charge in [-0.3, -0.25) is 9.59 Å². The first kappa shape index (κ1) is 16.3. The molecule has 3 aromatic rings. The molecule has 2 aromatic carbocycles. The van der Waals surface area contributed by atoms with Gasteiger partial charge in [-0.25, -0.2) is 0 Å². The number of carbonyl (C=O) groups is 1. The Morgan fingerprint density at radius 2 is 1.75 bits per heavy atom. The van der Waals surface area contributed by atoms with Crippen LogP contribution >= 0.6 is 23.2 Å². The number of rotatable bonds is 3. The Bertz CT molecular complexity index is 989. The minimum atomic E-state index is -0.388. The number of fused-ring (bicyclic) bond motifs is 1. The number of anilines is 1. The molecule has 3 rings (SSSR count). The SMILES string of the molecule is O=C(/C=C/c1cc2ccccc2[nH]c1=O)Nc1cc(Cl)cc(Cl)c1. The normalized spacial score (nSPS) is 11.1. The molecule has 0 aliphatic rings. The second-order valence-corrected chi connectivity index (χ2v) is 5.99. The van der Waals surface area contributed by atoms with Crippen LogP contribution < -0.4 is 10.9 Å². The summed E-state index contributed by atoms with van der Waals surface area (Å²) >= 11 is 11.8. The number of amides is 1. The highest BCUT2D eigenvalue weighted by molar-refractivity contribution is 6.35. The highest BCUT2D eigenvalue weighted by atomic mass is 35.5. The van der Waals surface area contributed by atoms with E-state index in [0.717, 1.165) is 10.9 Å². The Morgan fingerprint density at radius 3 is 2.50 bits per heavy atom. The van der Waals surface area contributed by atoms with E-state index in [-0.39, 0.29) is 11.5 Å². The number of aromatic amines is 1. The van der Waals surface area contributed by atoms with Gasteiger partial charge in [-0.2, -0.15) is 0 Å². The van der Waals surface area contributed by atoms with Gasteiger partial charge in [0, 0.05) is 32.9 Å². The lowest BCUT2D eigenvalue weighted by Crippen LogP contribution is -2.11. The van der Waals surface area contributed by atoms with Crippen LogP contribution in [0.3, 0.4) is 0 Å². The molecule has 0 atom stereocenters. The zero-order valence-electron chi connectivity index (χ0n) is 12.3. The maximum atomic E-state index is 12.0. The fourth-order valence-electron chi connectivity index (χ4n) is 2.26. The molecule has 0 saturated heterocycles. The summed E-state index contributed by atoms with van der Waals surface area (Å²) in [4.78, 5) is 26.8. The van der Waals surface area contributed by atoms with Crippen molar-refractivity contribution in [1.82, 2.24) is 4.98 Å². The monoisotopic (exact) mass is 358 g/mol. The number of para-hydroxylation sites is 1. The fourth-order valence-corrected chi connectivity index (χ4v) is 2.79. The van der Waals surface area contributed by atoms with Gasteiger partial charge in [-0.15, -0.1) is 0 Å². The molecule has 0 fully saturated rings. The summed E-state index contributed by atoms with van der Waals surface area (Å²) in [5.41, 5.74) is 1.36. The highest BCUT2D eigenvalue weighted by Gasteiger charge is 2.03. The van der Waals surface area contributed by atoms with E-state index in [4.69, 9.17) is 23.2 Å². The largest absolute Gasteiger partial charge is 0.322 e. The molecule has 1 heterocycles. The molecule has 0 bridgehead atoms. The zero-order chi connectivity index (χ0) is 17.1. The Kier molecular flexibility index (Phi) is 4.69. The average molecular weight is 359 g/mol. The molecule has 0 spiro atoms. The van der Waals surface area contributed by atoms with E-state index in [1.54, 1.807) is 24.3 Å². The number of halogens is 2. The zero-order valence-corrected chi connectivity index (χ0v) is 13.9. The molecule has 24 heavy (non-hydrogen) atoms. The predicted octanol–water partition coefficient (Wildman–Crippen LogP) is 4.49. The van der Waals surface area contributed by atoms with Gasteiger partial charge in [0.2, 0.25) is 5.91 Å². The molecule has 4 nitrogen and oxygen atoms in total. The van der Waals surface area contributed by atoms with Crippen LogP contribution in [-0.4, -0.2) is 10.9 Å². The van der Waals surface area contributed by atoms with E-state index < -0.39 is 0 Å². The third-order valence-corrected chi connectivity index (χ3v) is 3.76. The smallest absolute Gasteiger partial charge is 0.255 e. The average Bonchev–Trinajstić information content (AvgIpc) is 2.52. The minimum absolute atomic E-state index is 0.261. The maximum absolute atomic E-state index is 12.0. The number of aromatic nitrogens is 1. The number of hydrogen-bond acceptors (Lipinski definition) is 2. The van der Waals surface area contributed by atoms with Crippen molar-refractivity contribution in [2.24, 2.45) is 0 Å².